The largest absolute Gasteiger partial charge is 0.437 e. The Balaban J connectivity index is 1.19. The number of carbonyl (C=O) groups excluding carboxylic acids is 1. The van der Waals surface area contributed by atoms with Crippen molar-refractivity contribution in [2.75, 3.05) is 18.4 Å². The first kappa shape index (κ1) is 27.7. The highest BCUT2D eigenvalue weighted by atomic mass is 16.5. The van der Waals surface area contributed by atoms with Crippen LogP contribution < -0.4 is 15.4 Å². The monoisotopic (exact) mass is 579 g/mol. The van der Waals surface area contributed by atoms with E-state index in [1.807, 2.05) is 85.8 Å². The number of Topliss-reactive ketones (excluding diaryl/α,β-unsaturated/α-hetero) is 1. The molecule has 1 fully saturated rings. The highest BCUT2D eigenvalue weighted by Crippen LogP contribution is 2.38. The fourth-order valence-corrected chi connectivity index (χ4v) is 5.93. The number of pyridine rings is 1. The van der Waals surface area contributed by atoms with Crippen LogP contribution in [0.3, 0.4) is 0 Å². The van der Waals surface area contributed by atoms with Crippen LogP contribution in [0.1, 0.15) is 34.3 Å². The van der Waals surface area contributed by atoms with Crippen molar-refractivity contribution in [2.24, 2.45) is 0 Å². The van der Waals surface area contributed by atoms with Gasteiger partial charge in [0.2, 0.25) is 11.8 Å². The van der Waals surface area contributed by atoms with E-state index in [2.05, 4.69) is 32.7 Å². The van der Waals surface area contributed by atoms with Crippen molar-refractivity contribution in [1.82, 2.24) is 20.3 Å². The van der Waals surface area contributed by atoms with Gasteiger partial charge in [0.25, 0.3) is 0 Å². The van der Waals surface area contributed by atoms with Gasteiger partial charge in [-0.25, -0.2) is 15.0 Å². The van der Waals surface area contributed by atoms with E-state index in [1.165, 1.54) is 0 Å². The standard InChI is InChI=1S/C37H33N5O2/c1-24-13-16-30-27(22-34(43)28-15-14-25-7-2-3-8-26(25)21-28)9-4-11-31(30)35(24)44-36-32(12-6-19-39-36)33-17-20-40-37(42-33)41-29-10-5-18-38-23-29/h2-4,6-9,11-17,19-21,29,38H,5,10,18,22-23H2,1H3,(H,40,41,42)/t29-/m0/s1. The van der Waals surface area contributed by atoms with Crippen molar-refractivity contribution >= 4 is 33.3 Å². The number of ketones is 1. The van der Waals surface area contributed by atoms with E-state index in [0.717, 1.165) is 69.9 Å². The van der Waals surface area contributed by atoms with E-state index in [-0.39, 0.29) is 5.78 Å². The number of aromatic nitrogens is 3. The zero-order chi connectivity index (χ0) is 29.9. The summed E-state index contributed by atoms with van der Waals surface area (Å²) in [6, 6.07) is 30.2. The van der Waals surface area contributed by atoms with Gasteiger partial charge in [-0.2, -0.15) is 0 Å². The maximum Gasteiger partial charge on any atom is 0.228 e. The lowest BCUT2D eigenvalue weighted by atomic mass is 9.95. The molecule has 0 unspecified atom stereocenters. The summed E-state index contributed by atoms with van der Waals surface area (Å²) in [6.07, 6.45) is 5.99. The number of hydrogen-bond acceptors (Lipinski definition) is 7. The first-order valence-corrected chi connectivity index (χ1v) is 15.1. The van der Waals surface area contributed by atoms with Gasteiger partial charge >= 0.3 is 0 Å². The molecule has 44 heavy (non-hydrogen) atoms. The topological polar surface area (TPSA) is 89.0 Å². The fourth-order valence-electron chi connectivity index (χ4n) is 5.93. The molecule has 218 valence electrons. The second-order valence-electron chi connectivity index (χ2n) is 11.3. The summed E-state index contributed by atoms with van der Waals surface area (Å²) in [4.78, 5) is 27.3. The molecule has 0 aliphatic carbocycles. The number of benzene rings is 4. The van der Waals surface area contributed by atoms with E-state index in [0.29, 0.717) is 35.6 Å². The number of nitrogens with zero attached hydrogens (tertiary/aromatic N) is 3. The van der Waals surface area contributed by atoms with Crippen LogP contribution in [0.25, 0.3) is 32.8 Å². The zero-order valence-corrected chi connectivity index (χ0v) is 24.6. The number of rotatable bonds is 8. The Hall–Kier alpha value is -5.14. The molecule has 7 heteroatoms. The summed E-state index contributed by atoms with van der Waals surface area (Å²) >= 11 is 0. The van der Waals surface area contributed by atoms with Crippen LogP contribution in [0.15, 0.2) is 103 Å². The minimum atomic E-state index is 0.0792. The number of ether oxygens (including phenoxy) is 1. The second kappa shape index (κ2) is 12.2. The van der Waals surface area contributed by atoms with Gasteiger partial charge in [-0.15, -0.1) is 0 Å². The second-order valence-corrected chi connectivity index (χ2v) is 11.3. The average Bonchev–Trinajstić information content (AvgIpc) is 3.07. The number of fused-ring (bicyclic) bond motifs is 2. The Bertz CT molecular complexity index is 1980. The molecule has 3 heterocycles. The molecule has 1 aliphatic rings. The van der Waals surface area contributed by atoms with E-state index < -0.39 is 0 Å². The molecule has 6 aromatic rings. The predicted octanol–water partition coefficient (Wildman–Crippen LogP) is 7.54. The first-order valence-electron chi connectivity index (χ1n) is 15.1. The van der Waals surface area contributed by atoms with Gasteiger partial charge in [-0.1, -0.05) is 66.7 Å². The number of aryl methyl sites for hydroxylation is 1. The number of anilines is 1. The minimum absolute atomic E-state index is 0.0792. The van der Waals surface area contributed by atoms with Gasteiger partial charge in [-0.05, 0) is 77.9 Å². The summed E-state index contributed by atoms with van der Waals surface area (Å²) < 4.78 is 6.60. The molecule has 4 aromatic carbocycles. The molecule has 1 saturated heterocycles. The Morgan fingerprint density at radius 3 is 2.70 bits per heavy atom. The number of carbonyl (C=O) groups is 1. The minimum Gasteiger partial charge on any atom is -0.437 e. The summed E-state index contributed by atoms with van der Waals surface area (Å²) in [5.74, 6) is 1.84. The molecule has 0 spiro atoms. The Kier molecular flexibility index (Phi) is 7.69. The highest BCUT2D eigenvalue weighted by Gasteiger charge is 2.18. The molecule has 0 saturated carbocycles. The van der Waals surface area contributed by atoms with Gasteiger partial charge in [0, 0.05) is 42.4 Å². The van der Waals surface area contributed by atoms with Crippen LogP contribution in [0.2, 0.25) is 0 Å². The summed E-state index contributed by atoms with van der Waals surface area (Å²) in [7, 11) is 0. The molecule has 0 bridgehead atoms. The van der Waals surface area contributed by atoms with Gasteiger partial charge in [0.05, 0.1) is 11.3 Å². The van der Waals surface area contributed by atoms with Crippen molar-refractivity contribution in [3.8, 4) is 22.9 Å². The lowest BCUT2D eigenvalue weighted by Crippen LogP contribution is -2.38. The average molecular weight is 580 g/mol. The summed E-state index contributed by atoms with van der Waals surface area (Å²) in [5.41, 5.74) is 4.14. The van der Waals surface area contributed by atoms with E-state index >= 15 is 0 Å². The molecule has 2 N–H and O–H groups in total. The molecule has 1 atom stereocenters. The Labute approximate surface area is 256 Å². The third-order valence-electron chi connectivity index (χ3n) is 8.25. The highest BCUT2D eigenvalue weighted by molar-refractivity contribution is 6.03. The van der Waals surface area contributed by atoms with Crippen LogP contribution >= 0.6 is 0 Å². The molecule has 0 amide bonds. The first-order chi connectivity index (χ1) is 21.6. The van der Waals surface area contributed by atoms with Gasteiger partial charge in [0.15, 0.2) is 5.78 Å². The number of hydrogen-bond donors (Lipinski definition) is 2. The van der Waals surface area contributed by atoms with Crippen molar-refractivity contribution in [2.45, 2.75) is 32.2 Å². The van der Waals surface area contributed by atoms with Crippen LogP contribution in [-0.2, 0) is 6.42 Å². The Morgan fingerprint density at radius 2 is 1.82 bits per heavy atom. The van der Waals surface area contributed by atoms with Crippen molar-refractivity contribution < 1.29 is 9.53 Å². The lowest BCUT2D eigenvalue weighted by molar-refractivity contribution is 0.0993. The molecule has 7 rings (SSSR count). The predicted molar refractivity (Wildman–Crippen MR) is 176 cm³/mol. The molecular weight excluding hydrogens is 546 g/mol. The van der Waals surface area contributed by atoms with E-state index in [4.69, 9.17) is 9.72 Å². The van der Waals surface area contributed by atoms with Gasteiger partial charge in [0.1, 0.15) is 5.75 Å². The zero-order valence-electron chi connectivity index (χ0n) is 24.6. The molecule has 2 aromatic heterocycles. The van der Waals surface area contributed by atoms with Crippen molar-refractivity contribution in [3.05, 3.63) is 120 Å². The smallest absolute Gasteiger partial charge is 0.228 e. The molecular formula is C37H33N5O2. The van der Waals surface area contributed by atoms with E-state index in [9.17, 15) is 4.79 Å². The number of nitrogens with one attached hydrogen (secondary N) is 2. The fraction of sp³-hybridized carbons (Fsp3) is 0.189. The van der Waals surface area contributed by atoms with E-state index in [1.54, 1.807) is 12.4 Å². The number of piperidine rings is 1. The van der Waals surface area contributed by atoms with Crippen molar-refractivity contribution in [1.29, 1.82) is 0 Å². The maximum atomic E-state index is 13.4. The lowest BCUT2D eigenvalue weighted by Gasteiger charge is -2.23. The molecule has 7 nitrogen and oxygen atoms in total. The van der Waals surface area contributed by atoms with Crippen LogP contribution in [0.4, 0.5) is 5.95 Å². The summed E-state index contributed by atoms with van der Waals surface area (Å²) in [5, 5.41) is 11.0. The quantitative estimate of drug-likeness (QED) is 0.180. The third-order valence-corrected chi connectivity index (χ3v) is 8.25. The van der Waals surface area contributed by atoms with Crippen LogP contribution in [-0.4, -0.2) is 39.9 Å². The van der Waals surface area contributed by atoms with Crippen molar-refractivity contribution in [3.63, 3.8) is 0 Å². The SMILES string of the molecule is Cc1ccc2c(CC(=O)c3ccc4ccccc4c3)cccc2c1Oc1ncccc1-c1ccnc(N[C@H]2CCCNC2)n1. The van der Waals surface area contributed by atoms with Gasteiger partial charge < -0.3 is 15.4 Å². The van der Waals surface area contributed by atoms with Gasteiger partial charge in [-0.3, -0.25) is 4.79 Å². The molecule has 0 radical (unpaired) electrons. The maximum absolute atomic E-state index is 13.4. The Morgan fingerprint density at radius 1 is 0.909 bits per heavy atom. The molecule has 1 aliphatic heterocycles. The third kappa shape index (κ3) is 5.74. The van der Waals surface area contributed by atoms with Crippen LogP contribution in [0.5, 0.6) is 11.6 Å². The summed E-state index contributed by atoms with van der Waals surface area (Å²) in [6.45, 7) is 3.96. The normalized spacial score (nSPS) is 14.9. The van der Waals surface area contributed by atoms with Crippen LogP contribution in [0, 0.1) is 6.92 Å².